The molecule has 4 aromatic rings. The summed E-state index contributed by atoms with van der Waals surface area (Å²) in [6, 6.07) is 5.56. The van der Waals surface area contributed by atoms with E-state index in [4.69, 9.17) is 9.47 Å². The van der Waals surface area contributed by atoms with E-state index < -0.39 is 17.5 Å². The van der Waals surface area contributed by atoms with Crippen LogP contribution in [0.4, 0.5) is 8.78 Å². The molecule has 2 aliphatic heterocycles. The second-order valence-electron chi connectivity index (χ2n) is 8.96. The Bertz CT molecular complexity index is 1520. The van der Waals surface area contributed by atoms with Crippen LogP contribution >= 0.6 is 0 Å². The van der Waals surface area contributed by atoms with Crippen LogP contribution in [0, 0.1) is 11.6 Å². The molecule has 1 N–H and O–H groups in total. The fraction of sp³-hybridized carbons (Fsp3) is 0.320. The molecule has 2 aliphatic rings. The zero-order valence-corrected chi connectivity index (χ0v) is 18.9. The summed E-state index contributed by atoms with van der Waals surface area (Å²) in [6.45, 7) is 1.22. The third kappa shape index (κ3) is 3.43. The number of carbonyl (C=O) groups excluding carboxylic acids is 1. The highest BCUT2D eigenvalue weighted by Gasteiger charge is 2.31. The number of nitrogens with zero attached hydrogens (tertiary/aromatic N) is 3. The van der Waals surface area contributed by atoms with Crippen molar-refractivity contribution < 1.29 is 23.0 Å². The maximum atomic E-state index is 14.3. The number of benzene rings is 2. The number of amides is 1. The van der Waals surface area contributed by atoms with E-state index in [1.165, 1.54) is 12.0 Å². The Balaban J connectivity index is 1.48. The number of nitrogens with one attached hydrogen (secondary N) is 1. The number of halogens is 2. The van der Waals surface area contributed by atoms with Crippen molar-refractivity contribution >= 4 is 22.5 Å². The molecule has 4 heterocycles. The van der Waals surface area contributed by atoms with Crippen LogP contribution in [0.5, 0.6) is 0 Å². The molecule has 1 fully saturated rings. The van der Waals surface area contributed by atoms with Gasteiger partial charge in [0.25, 0.3) is 11.5 Å². The number of hydrogen-bond donors (Lipinski definition) is 1. The normalized spacial score (nSPS) is 17.6. The first-order valence-electron chi connectivity index (χ1n) is 11.3. The summed E-state index contributed by atoms with van der Waals surface area (Å²) in [5.74, 6) is -0.685. The van der Waals surface area contributed by atoms with E-state index in [1.807, 2.05) is 4.40 Å². The topological polar surface area (TPSA) is 88.9 Å². The molecule has 35 heavy (non-hydrogen) atoms. The Labute approximate surface area is 198 Å². The molecule has 1 atom stereocenters. The van der Waals surface area contributed by atoms with Crippen molar-refractivity contribution in [1.29, 1.82) is 0 Å². The average Bonchev–Trinajstić information content (AvgIpc) is 3.61. The van der Waals surface area contributed by atoms with E-state index in [9.17, 15) is 18.4 Å². The number of imidazole rings is 1. The lowest BCUT2D eigenvalue weighted by molar-refractivity contribution is 0.0745. The van der Waals surface area contributed by atoms with Crippen LogP contribution in [0.25, 0.3) is 16.6 Å². The largest absolute Gasteiger partial charge is 0.381 e. The quantitative estimate of drug-likeness (QED) is 0.485. The number of ether oxygens (including phenoxy) is 2. The van der Waals surface area contributed by atoms with Gasteiger partial charge in [-0.25, -0.2) is 13.8 Å². The summed E-state index contributed by atoms with van der Waals surface area (Å²) < 4.78 is 41.2. The fourth-order valence-corrected chi connectivity index (χ4v) is 5.11. The SMILES string of the molecule is COCc1cc2c(cc1C(=O)N1Cc3c(F)ccc(F)c3C1)[nH]c(=O)c1cnc(C3CCOC3)n12. The van der Waals surface area contributed by atoms with Crippen LogP contribution in [-0.4, -0.2) is 45.5 Å². The van der Waals surface area contributed by atoms with Crippen molar-refractivity contribution in [3.63, 3.8) is 0 Å². The minimum atomic E-state index is -0.539. The first kappa shape index (κ1) is 21.9. The van der Waals surface area contributed by atoms with E-state index in [1.54, 1.807) is 18.3 Å². The number of H-pyrrole nitrogens is 1. The van der Waals surface area contributed by atoms with Gasteiger partial charge in [-0.15, -0.1) is 0 Å². The zero-order chi connectivity index (χ0) is 24.3. The molecule has 0 spiro atoms. The third-order valence-corrected chi connectivity index (χ3v) is 6.86. The molecule has 10 heteroatoms. The van der Waals surface area contributed by atoms with Crippen LogP contribution < -0.4 is 5.56 Å². The molecule has 2 aromatic heterocycles. The number of fused-ring (bicyclic) bond motifs is 4. The third-order valence-electron chi connectivity index (χ3n) is 6.86. The van der Waals surface area contributed by atoms with Gasteiger partial charge in [-0.05, 0) is 36.2 Å². The summed E-state index contributed by atoms with van der Waals surface area (Å²) in [5, 5.41) is 0. The monoisotopic (exact) mass is 480 g/mol. The molecule has 180 valence electrons. The summed E-state index contributed by atoms with van der Waals surface area (Å²) in [4.78, 5) is 35.1. The van der Waals surface area contributed by atoms with E-state index in [0.29, 0.717) is 40.9 Å². The Kier molecular flexibility index (Phi) is 5.15. The van der Waals surface area contributed by atoms with Gasteiger partial charge in [0.1, 0.15) is 23.0 Å². The average molecular weight is 480 g/mol. The number of aromatic nitrogens is 3. The molecule has 2 aromatic carbocycles. The van der Waals surface area contributed by atoms with Gasteiger partial charge >= 0.3 is 0 Å². The van der Waals surface area contributed by atoms with Gasteiger partial charge in [-0.3, -0.25) is 14.0 Å². The van der Waals surface area contributed by atoms with Crippen molar-refractivity contribution in [3.8, 4) is 0 Å². The summed E-state index contributed by atoms with van der Waals surface area (Å²) in [7, 11) is 1.52. The Morgan fingerprint density at radius 1 is 1.20 bits per heavy atom. The zero-order valence-electron chi connectivity index (χ0n) is 18.9. The highest BCUT2D eigenvalue weighted by molar-refractivity contribution is 5.99. The first-order valence-corrected chi connectivity index (χ1v) is 11.3. The van der Waals surface area contributed by atoms with Crippen LogP contribution in [0.3, 0.4) is 0 Å². The van der Waals surface area contributed by atoms with Gasteiger partial charge < -0.3 is 19.4 Å². The second kappa shape index (κ2) is 8.24. The number of hydrogen-bond acceptors (Lipinski definition) is 5. The van der Waals surface area contributed by atoms with Crippen molar-refractivity contribution in [1.82, 2.24) is 19.3 Å². The lowest BCUT2D eigenvalue weighted by Gasteiger charge is -2.19. The van der Waals surface area contributed by atoms with Gasteiger partial charge in [-0.2, -0.15) is 0 Å². The molecule has 1 saturated heterocycles. The summed E-state index contributed by atoms with van der Waals surface area (Å²) in [5.41, 5.74) is 2.48. The van der Waals surface area contributed by atoms with Crippen molar-refractivity contribution in [2.24, 2.45) is 0 Å². The first-order chi connectivity index (χ1) is 17.0. The smallest absolute Gasteiger partial charge is 0.274 e. The highest BCUT2D eigenvalue weighted by atomic mass is 19.1. The van der Waals surface area contributed by atoms with Crippen molar-refractivity contribution in [2.45, 2.75) is 32.0 Å². The van der Waals surface area contributed by atoms with E-state index in [0.717, 1.165) is 24.4 Å². The van der Waals surface area contributed by atoms with E-state index in [2.05, 4.69) is 9.97 Å². The summed E-state index contributed by atoms with van der Waals surface area (Å²) in [6.07, 6.45) is 2.35. The second-order valence-corrected chi connectivity index (χ2v) is 8.96. The van der Waals surface area contributed by atoms with Crippen LogP contribution in [-0.2, 0) is 29.2 Å². The van der Waals surface area contributed by atoms with Gasteiger partial charge in [0.2, 0.25) is 0 Å². The van der Waals surface area contributed by atoms with Crippen molar-refractivity contribution in [3.05, 3.63) is 80.5 Å². The van der Waals surface area contributed by atoms with Gasteiger partial charge in [-0.1, -0.05) is 0 Å². The van der Waals surface area contributed by atoms with Gasteiger partial charge in [0, 0.05) is 49.4 Å². The standard InChI is InChI=1S/C25H22F2N4O4/c1-34-11-14-6-21-20(29-24(32)22-8-28-23(31(21)22)13-4-5-35-12-13)7-15(14)25(33)30-9-16-17(10-30)19(27)3-2-18(16)26/h2-3,6-8,13H,4-5,9-12H2,1H3,(H,29,32). The van der Waals surface area contributed by atoms with Crippen LogP contribution in [0.15, 0.2) is 35.3 Å². The Hall–Kier alpha value is -3.63. The molecule has 8 nitrogen and oxygen atoms in total. The number of aromatic amines is 1. The van der Waals surface area contributed by atoms with E-state index >= 15 is 0 Å². The molecule has 0 bridgehead atoms. The lowest BCUT2D eigenvalue weighted by Crippen LogP contribution is -2.27. The van der Waals surface area contributed by atoms with Crippen molar-refractivity contribution in [2.75, 3.05) is 20.3 Å². The lowest BCUT2D eigenvalue weighted by atomic mass is 10.0. The summed E-state index contributed by atoms with van der Waals surface area (Å²) >= 11 is 0. The minimum Gasteiger partial charge on any atom is -0.381 e. The molecule has 1 amide bonds. The molecule has 0 saturated carbocycles. The van der Waals surface area contributed by atoms with Crippen LogP contribution in [0.1, 0.15) is 45.2 Å². The number of methoxy groups -OCH3 is 1. The van der Waals surface area contributed by atoms with E-state index in [-0.39, 0.29) is 42.3 Å². The predicted octanol–water partition coefficient (Wildman–Crippen LogP) is 3.26. The fourth-order valence-electron chi connectivity index (χ4n) is 5.11. The molecule has 0 radical (unpaired) electrons. The van der Waals surface area contributed by atoms with Gasteiger partial charge in [0.15, 0.2) is 0 Å². The maximum absolute atomic E-state index is 14.3. The Morgan fingerprint density at radius 3 is 2.60 bits per heavy atom. The minimum absolute atomic E-state index is 0.0366. The molecular weight excluding hydrogens is 458 g/mol. The van der Waals surface area contributed by atoms with Crippen LogP contribution in [0.2, 0.25) is 0 Å². The van der Waals surface area contributed by atoms with Gasteiger partial charge in [0.05, 0.1) is 30.4 Å². The number of rotatable bonds is 4. The molecule has 1 unspecified atom stereocenters. The Morgan fingerprint density at radius 2 is 1.94 bits per heavy atom. The molecule has 0 aliphatic carbocycles. The molecular formula is C25H22F2N4O4. The highest BCUT2D eigenvalue weighted by Crippen LogP contribution is 2.31. The molecule has 6 rings (SSSR count). The predicted molar refractivity (Wildman–Crippen MR) is 122 cm³/mol. The number of carbonyl (C=O) groups is 1. The maximum Gasteiger partial charge on any atom is 0.274 e.